The molecule has 1 aliphatic carbocycles. The Labute approximate surface area is 130 Å². The summed E-state index contributed by atoms with van der Waals surface area (Å²) < 4.78 is 0. The van der Waals surface area contributed by atoms with Crippen LogP contribution in [0.4, 0.5) is 11.6 Å². The quantitative estimate of drug-likeness (QED) is 0.835. The number of hydrogen-bond donors (Lipinski definition) is 0. The molecule has 0 N–H and O–H groups in total. The van der Waals surface area contributed by atoms with E-state index in [1.807, 2.05) is 6.92 Å². The number of nitrogens with zero attached hydrogens (tertiary/aromatic N) is 6. The molecule has 3 heterocycles. The van der Waals surface area contributed by atoms with Crippen LogP contribution in [0.2, 0.25) is 0 Å². The second-order valence-corrected chi connectivity index (χ2v) is 5.97. The fourth-order valence-electron chi connectivity index (χ4n) is 3.38. The molecule has 2 aliphatic rings. The first-order valence-electron chi connectivity index (χ1n) is 7.92. The van der Waals surface area contributed by atoms with Gasteiger partial charge in [0.05, 0.1) is 0 Å². The van der Waals surface area contributed by atoms with Gasteiger partial charge in [-0.15, -0.1) is 0 Å². The van der Waals surface area contributed by atoms with E-state index >= 15 is 0 Å². The van der Waals surface area contributed by atoms with Crippen LogP contribution in [0.5, 0.6) is 0 Å². The Morgan fingerprint density at radius 3 is 2.45 bits per heavy atom. The van der Waals surface area contributed by atoms with E-state index in [9.17, 15) is 0 Å². The molecule has 2 aromatic heterocycles. The van der Waals surface area contributed by atoms with Crippen LogP contribution in [0.25, 0.3) is 0 Å². The van der Waals surface area contributed by atoms with Crippen LogP contribution in [0, 0.1) is 6.92 Å². The fourth-order valence-corrected chi connectivity index (χ4v) is 3.38. The molecule has 2 aromatic rings. The Hall–Kier alpha value is -2.24. The molecule has 1 saturated heterocycles. The van der Waals surface area contributed by atoms with Gasteiger partial charge < -0.3 is 9.80 Å². The van der Waals surface area contributed by atoms with Gasteiger partial charge in [0.1, 0.15) is 24.3 Å². The fraction of sp³-hybridized carbons (Fsp3) is 0.500. The largest absolute Gasteiger partial charge is 0.353 e. The van der Waals surface area contributed by atoms with Gasteiger partial charge in [0.15, 0.2) is 0 Å². The first kappa shape index (κ1) is 13.4. The maximum Gasteiger partial charge on any atom is 0.135 e. The van der Waals surface area contributed by atoms with Crippen LogP contribution in [0.3, 0.4) is 0 Å². The predicted octanol–water partition coefficient (Wildman–Crippen LogP) is 1.39. The summed E-state index contributed by atoms with van der Waals surface area (Å²) in [5.41, 5.74) is 3.63. The van der Waals surface area contributed by atoms with Crippen molar-refractivity contribution in [3.63, 3.8) is 0 Å². The van der Waals surface area contributed by atoms with Gasteiger partial charge in [-0.25, -0.2) is 19.9 Å². The summed E-state index contributed by atoms with van der Waals surface area (Å²) in [4.78, 5) is 22.3. The number of aryl methyl sites for hydroxylation is 2. The standard InChI is InChI=1S/C16H20N6/c1-12-9-15(19-10-17-12)21-5-7-22(8-6-21)16-13-3-2-4-14(13)18-11-20-16/h9-11H,2-8H2,1H3. The zero-order valence-electron chi connectivity index (χ0n) is 12.9. The molecular formula is C16H20N6. The third kappa shape index (κ3) is 2.38. The lowest BCUT2D eigenvalue weighted by atomic mass is 10.2. The minimum absolute atomic E-state index is 0.967. The highest BCUT2D eigenvalue weighted by molar-refractivity contribution is 5.52. The minimum atomic E-state index is 0.967. The zero-order chi connectivity index (χ0) is 14.9. The second-order valence-electron chi connectivity index (χ2n) is 5.97. The molecule has 0 radical (unpaired) electrons. The summed E-state index contributed by atoms with van der Waals surface area (Å²) in [6, 6.07) is 2.05. The lowest BCUT2D eigenvalue weighted by Gasteiger charge is -2.36. The van der Waals surface area contributed by atoms with Crippen molar-refractivity contribution >= 4 is 11.6 Å². The normalized spacial score (nSPS) is 17.7. The average Bonchev–Trinajstić information content (AvgIpc) is 3.04. The highest BCUT2D eigenvalue weighted by atomic mass is 15.3. The Morgan fingerprint density at radius 2 is 1.64 bits per heavy atom. The maximum absolute atomic E-state index is 4.56. The summed E-state index contributed by atoms with van der Waals surface area (Å²) in [5, 5.41) is 0. The minimum Gasteiger partial charge on any atom is -0.353 e. The molecule has 6 heteroatoms. The molecule has 114 valence electrons. The topological polar surface area (TPSA) is 58.0 Å². The lowest BCUT2D eigenvalue weighted by molar-refractivity contribution is 0.637. The van der Waals surface area contributed by atoms with Crippen LogP contribution in [-0.4, -0.2) is 46.1 Å². The van der Waals surface area contributed by atoms with E-state index in [-0.39, 0.29) is 0 Å². The van der Waals surface area contributed by atoms with Crippen molar-refractivity contribution in [3.05, 3.63) is 35.7 Å². The molecule has 0 bridgehead atoms. The zero-order valence-corrected chi connectivity index (χ0v) is 12.9. The number of fused-ring (bicyclic) bond motifs is 1. The lowest BCUT2D eigenvalue weighted by Crippen LogP contribution is -2.47. The highest BCUT2D eigenvalue weighted by Gasteiger charge is 2.24. The summed E-state index contributed by atoms with van der Waals surface area (Å²) in [6.45, 7) is 5.90. The van der Waals surface area contributed by atoms with Crippen LogP contribution in [-0.2, 0) is 12.8 Å². The molecule has 1 fully saturated rings. The van der Waals surface area contributed by atoms with Crippen molar-refractivity contribution in [2.24, 2.45) is 0 Å². The number of anilines is 2. The average molecular weight is 296 g/mol. The van der Waals surface area contributed by atoms with E-state index < -0.39 is 0 Å². The summed E-state index contributed by atoms with van der Waals surface area (Å²) >= 11 is 0. The third-order valence-corrected chi connectivity index (χ3v) is 4.54. The predicted molar refractivity (Wildman–Crippen MR) is 85.3 cm³/mol. The van der Waals surface area contributed by atoms with Gasteiger partial charge in [-0.1, -0.05) is 0 Å². The smallest absolute Gasteiger partial charge is 0.135 e. The van der Waals surface area contributed by atoms with Crippen LogP contribution >= 0.6 is 0 Å². The molecule has 4 rings (SSSR count). The monoisotopic (exact) mass is 296 g/mol. The summed E-state index contributed by atoms with van der Waals surface area (Å²) in [5.74, 6) is 2.18. The molecule has 22 heavy (non-hydrogen) atoms. The highest BCUT2D eigenvalue weighted by Crippen LogP contribution is 2.28. The van der Waals surface area contributed by atoms with Crippen molar-refractivity contribution in [1.29, 1.82) is 0 Å². The van der Waals surface area contributed by atoms with Crippen molar-refractivity contribution in [2.45, 2.75) is 26.2 Å². The van der Waals surface area contributed by atoms with E-state index in [1.54, 1.807) is 12.7 Å². The van der Waals surface area contributed by atoms with Crippen molar-refractivity contribution < 1.29 is 0 Å². The van der Waals surface area contributed by atoms with Gasteiger partial charge in [-0.2, -0.15) is 0 Å². The van der Waals surface area contributed by atoms with Gasteiger partial charge in [0, 0.05) is 49.2 Å². The van der Waals surface area contributed by atoms with E-state index in [0.717, 1.165) is 56.4 Å². The van der Waals surface area contributed by atoms with E-state index in [2.05, 4.69) is 35.8 Å². The molecule has 0 atom stereocenters. The van der Waals surface area contributed by atoms with Crippen LogP contribution in [0.1, 0.15) is 23.4 Å². The first-order valence-corrected chi connectivity index (χ1v) is 7.92. The van der Waals surface area contributed by atoms with E-state index in [0.29, 0.717) is 0 Å². The van der Waals surface area contributed by atoms with Gasteiger partial charge in [0.2, 0.25) is 0 Å². The second kappa shape index (κ2) is 5.51. The van der Waals surface area contributed by atoms with Gasteiger partial charge in [-0.05, 0) is 26.2 Å². The van der Waals surface area contributed by atoms with Crippen molar-refractivity contribution in [2.75, 3.05) is 36.0 Å². The molecule has 1 aliphatic heterocycles. The van der Waals surface area contributed by atoms with Gasteiger partial charge in [-0.3, -0.25) is 0 Å². The Kier molecular flexibility index (Phi) is 3.36. The molecule has 6 nitrogen and oxygen atoms in total. The van der Waals surface area contributed by atoms with E-state index in [4.69, 9.17) is 0 Å². The Balaban J connectivity index is 1.50. The molecule has 0 amide bonds. The first-order chi connectivity index (χ1) is 10.8. The molecule has 0 saturated carbocycles. The molecular weight excluding hydrogens is 276 g/mol. The van der Waals surface area contributed by atoms with E-state index in [1.165, 1.54) is 17.7 Å². The molecule has 0 spiro atoms. The van der Waals surface area contributed by atoms with Crippen LogP contribution < -0.4 is 9.80 Å². The molecule has 0 unspecified atom stereocenters. The van der Waals surface area contributed by atoms with Crippen LogP contribution in [0.15, 0.2) is 18.7 Å². The maximum atomic E-state index is 4.56. The molecule has 0 aromatic carbocycles. The summed E-state index contributed by atoms with van der Waals surface area (Å²) in [6.07, 6.45) is 6.80. The number of hydrogen-bond acceptors (Lipinski definition) is 6. The van der Waals surface area contributed by atoms with Crippen molar-refractivity contribution in [1.82, 2.24) is 19.9 Å². The van der Waals surface area contributed by atoms with Gasteiger partial charge in [0.25, 0.3) is 0 Å². The third-order valence-electron chi connectivity index (χ3n) is 4.54. The Bertz CT molecular complexity index is 678. The number of piperazine rings is 1. The Morgan fingerprint density at radius 1 is 0.864 bits per heavy atom. The van der Waals surface area contributed by atoms with Gasteiger partial charge >= 0.3 is 0 Å². The summed E-state index contributed by atoms with van der Waals surface area (Å²) in [7, 11) is 0. The number of aromatic nitrogens is 4. The van der Waals surface area contributed by atoms with Crippen molar-refractivity contribution in [3.8, 4) is 0 Å². The SMILES string of the molecule is Cc1cc(N2CCN(c3ncnc4c3CCC4)CC2)ncn1. The number of rotatable bonds is 2.